The first kappa shape index (κ1) is 12.5. The molecule has 0 spiro atoms. The fourth-order valence-electron chi connectivity index (χ4n) is 3.20. The van der Waals surface area contributed by atoms with Gasteiger partial charge >= 0.3 is 0 Å². The smallest absolute Gasteiger partial charge is 0.0897 e. The molecule has 18 heavy (non-hydrogen) atoms. The van der Waals surface area contributed by atoms with Crippen molar-refractivity contribution in [2.75, 3.05) is 39.8 Å². The molecule has 2 bridgehead atoms. The molecule has 4 nitrogen and oxygen atoms in total. The van der Waals surface area contributed by atoms with Gasteiger partial charge in [-0.1, -0.05) is 0 Å². The fraction of sp³-hybridized carbons (Fsp3) is 0.769. The molecule has 4 heterocycles. The topological polar surface area (TPSA) is 31.4 Å². The van der Waals surface area contributed by atoms with Gasteiger partial charge in [-0.05, 0) is 14.0 Å². The number of fused-ring (bicyclic) bond motifs is 3. The number of likely N-dealkylation sites (N-methyl/N-ethyl adjacent to an activating group) is 1. The highest BCUT2D eigenvalue weighted by molar-refractivity contribution is 7.09. The van der Waals surface area contributed by atoms with Gasteiger partial charge in [0.15, 0.2) is 0 Å². The molecule has 100 valence electrons. The van der Waals surface area contributed by atoms with Gasteiger partial charge in [-0.25, -0.2) is 4.98 Å². The number of thiazole rings is 1. The summed E-state index contributed by atoms with van der Waals surface area (Å²) in [5, 5.41) is 6.89. The summed E-state index contributed by atoms with van der Waals surface area (Å²) in [6.45, 7) is 8.28. The van der Waals surface area contributed by atoms with E-state index in [-0.39, 0.29) is 0 Å². The van der Waals surface area contributed by atoms with Crippen LogP contribution in [0.5, 0.6) is 0 Å². The molecule has 3 aliphatic heterocycles. The minimum absolute atomic E-state index is 0.523. The zero-order valence-corrected chi connectivity index (χ0v) is 12.0. The molecule has 2 unspecified atom stereocenters. The molecule has 0 saturated carbocycles. The quantitative estimate of drug-likeness (QED) is 0.864. The Kier molecular flexibility index (Phi) is 3.66. The molecule has 1 aromatic heterocycles. The minimum atomic E-state index is 0.523. The van der Waals surface area contributed by atoms with Gasteiger partial charge in [0.1, 0.15) is 0 Å². The second-order valence-corrected chi connectivity index (χ2v) is 6.42. The molecule has 2 atom stereocenters. The van der Waals surface area contributed by atoms with Crippen molar-refractivity contribution in [1.82, 2.24) is 20.1 Å². The Morgan fingerprint density at radius 2 is 2.22 bits per heavy atom. The van der Waals surface area contributed by atoms with Crippen LogP contribution in [-0.4, -0.2) is 66.6 Å². The molecule has 1 N–H and O–H groups in total. The molecule has 3 aliphatic rings. The summed E-state index contributed by atoms with van der Waals surface area (Å²) in [5.74, 6) is 0. The summed E-state index contributed by atoms with van der Waals surface area (Å²) in [6, 6.07) is 1.18. The van der Waals surface area contributed by atoms with Crippen LogP contribution in [0.2, 0.25) is 0 Å². The van der Waals surface area contributed by atoms with Crippen LogP contribution < -0.4 is 5.32 Å². The van der Waals surface area contributed by atoms with Crippen LogP contribution in [0, 0.1) is 6.92 Å². The maximum atomic E-state index is 4.60. The lowest BCUT2D eigenvalue weighted by Gasteiger charge is -2.50. The first-order chi connectivity index (χ1) is 8.76. The lowest BCUT2D eigenvalue weighted by molar-refractivity contribution is -0.00213. The Morgan fingerprint density at radius 1 is 1.44 bits per heavy atom. The monoisotopic (exact) mass is 266 g/mol. The molecule has 4 rings (SSSR count). The molecule has 0 radical (unpaired) electrons. The molecule has 1 aromatic rings. The van der Waals surface area contributed by atoms with Gasteiger partial charge in [-0.3, -0.25) is 9.80 Å². The standard InChI is InChI=1S/C13H22N4S/c1-10-15-11(9-18-10)7-12(14-2)13-8-16-3-5-17(13)6-4-16/h9,12-14H,3-8H2,1-2H3. The fourth-order valence-corrected chi connectivity index (χ4v) is 3.82. The normalized spacial score (nSPS) is 32.7. The summed E-state index contributed by atoms with van der Waals surface area (Å²) < 4.78 is 0. The van der Waals surface area contributed by atoms with Gasteiger partial charge in [0.05, 0.1) is 10.7 Å². The second-order valence-electron chi connectivity index (χ2n) is 5.36. The van der Waals surface area contributed by atoms with E-state index in [0.717, 1.165) is 6.42 Å². The van der Waals surface area contributed by atoms with Crippen LogP contribution in [0.1, 0.15) is 10.7 Å². The lowest BCUT2D eigenvalue weighted by atomic mass is 9.97. The van der Waals surface area contributed by atoms with Crippen LogP contribution in [0.3, 0.4) is 0 Å². The van der Waals surface area contributed by atoms with E-state index in [1.807, 2.05) is 0 Å². The van der Waals surface area contributed by atoms with Crippen LogP contribution in [-0.2, 0) is 6.42 Å². The van der Waals surface area contributed by atoms with E-state index in [1.54, 1.807) is 11.3 Å². The first-order valence-electron chi connectivity index (χ1n) is 6.81. The number of nitrogens with one attached hydrogen (secondary N) is 1. The number of aromatic nitrogens is 1. The largest absolute Gasteiger partial charge is 0.315 e. The maximum Gasteiger partial charge on any atom is 0.0897 e. The van der Waals surface area contributed by atoms with E-state index in [1.165, 1.54) is 43.4 Å². The third-order valence-corrected chi connectivity index (χ3v) is 5.07. The summed E-state index contributed by atoms with van der Waals surface area (Å²) in [4.78, 5) is 9.85. The highest BCUT2D eigenvalue weighted by atomic mass is 32.1. The maximum absolute atomic E-state index is 4.60. The molecule has 0 amide bonds. The Bertz CT molecular complexity index is 397. The van der Waals surface area contributed by atoms with Crippen molar-refractivity contribution in [3.05, 3.63) is 16.1 Å². The zero-order chi connectivity index (χ0) is 12.5. The summed E-state index contributed by atoms with van der Waals surface area (Å²) in [7, 11) is 2.09. The Balaban J connectivity index is 1.68. The average Bonchev–Trinajstić information content (AvgIpc) is 2.83. The molecule has 0 aromatic carbocycles. The Hall–Kier alpha value is -0.490. The summed E-state index contributed by atoms with van der Waals surface area (Å²) in [5.41, 5.74) is 1.24. The predicted octanol–water partition coefficient (Wildman–Crippen LogP) is 0.582. The molecule has 5 heteroatoms. The highest BCUT2D eigenvalue weighted by Gasteiger charge is 2.36. The van der Waals surface area contributed by atoms with Gasteiger partial charge in [0.2, 0.25) is 0 Å². The number of nitrogens with zero attached hydrogens (tertiary/aromatic N) is 3. The molecular weight excluding hydrogens is 244 g/mol. The van der Waals surface area contributed by atoms with Crippen molar-refractivity contribution in [2.45, 2.75) is 25.4 Å². The van der Waals surface area contributed by atoms with Crippen LogP contribution >= 0.6 is 11.3 Å². The Morgan fingerprint density at radius 3 is 2.72 bits per heavy atom. The van der Waals surface area contributed by atoms with Crippen molar-refractivity contribution < 1.29 is 0 Å². The highest BCUT2D eigenvalue weighted by Crippen LogP contribution is 2.20. The molecular formula is C13H22N4S. The number of hydrogen-bond donors (Lipinski definition) is 1. The van der Waals surface area contributed by atoms with Gasteiger partial charge in [0.25, 0.3) is 0 Å². The van der Waals surface area contributed by atoms with Crippen LogP contribution in [0.4, 0.5) is 0 Å². The second kappa shape index (κ2) is 5.25. The number of piperazine rings is 3. The van der Waals surface area contributed by atoms with Crippen molar-refractivity contribution in [3.63, 3.8) is 0 Å². The molecule has 3 saturated heterocycles. The summed E-state index contributed by atoms with van der Waals surface area (Å²) >= 11 is 1.76. The van der Waals surface area contributed by atoms with E-state index in [4.69, 9.17) is 0 Å². The van der Waals surface area contributed by atoms with Gasteiger partial charge in [0, 0.05) is 56.6 Å². The number of hydrogen-bond acceptors (Lipinski definition) is 5. The van der Waals surface area contributed by atoms with E-state index in [2.05, 4.69) is 39.5 Å². The molecule has 3 fully saturated rings. The van der Waals surface area contributed by atoms with Crippen LogP contribution in [0.15, 0.2) is 5.38 Å². The third kappa shape index (κ3) is 2.45. The van der Waals surface area contributed by atoms with Gasteiger partial charge in [-0.2, -0.15) is 0 Å². The van der Waals surface area contributed by atoms with Gasteiger partial charge < -0.3 is 5.32 Å². The van der Waals surface area contributed by atoms with E-state index < -0.39 is 0 Å². The van der Waals surface area contributed by atoms with Gasteiger partial charge in [-0.15, -0.1) is 11.3 Å². The SMILES string of the molecule is CNC(Cc1csc(C)n1)C1CN2CCN1CC2. The third-order valence-electron chi connectivity index (χ3n) is 4.25. The van der Waals surface area contributed by atoms with Crippen molar-refractivity contribution >= 4 is 11.3 Å². The average molecular weight is 266 g/mol. The van der Waals surface area contributed by atoms with Crippen molar-refractivity contribution in [2.24, 2.45) is 0 Å². The van der Waals surface area contributed by atoms with E-state index in [9.17, 15) is 0 Å². The summed E-state index contributed by atoms with van der Waals surface area (Å²) in [6.07, 6.45) is 1.05. The van der Waals surface area contributed by atoms with Crippen LogP contribution in [0.25, 0.3) is 0 Å². The van der Waals surface area contributed by atoms with E-state index in [0.29, 0.717) is 12.1 Å². The van der Waals surface area contributed by atoms with Crippen molar-refractivity contribution in [3.8, 4) is 0 Å². The van der Waals surface area contributed by atoms with E-state index >= 15 is 0 Å². The number of rotatable bonds is 4. The zero-order valence-electron chi connectivity index (χ0n) is 11.2. The first-order valence-corrected chi connectivity index (χ1v) is 7.69. The van der Waals surface area contributed by atoms with Crippen molar-refractivity contribution in [1.29, 1.82) is 0 Å². The predicted molar refractivity (Wildman–Crippen MR) is 75.2 cm³/mol. The molecule has 0 aliphatic carbocycles. The Labute approximate surface area is 113 Å². The number of aryl methyl sites for hydroxylation is 1. The minimum Gasteiger partial charge on any atom is -0.315 e. The lowest BCUT2D eigenvalue weighted by Crippen LogP contribution is -2.66.